The minimum atomic E-state index is -0.838. The average molecular weight is 279 g/mol. The Labute approximate surface area is 119 Å². The minimum absolute atomic E-state index is 0.0538. The maximum absolute atomic E-state index is 11.8. The highest BCUT2D eigenvalue weighted by Gasteiger charge is 2.15. The van der Waals surface area contributed by atoms with Crippen molar-refractivity contribution in [3.05, 3.63) is 23.9 Å². The van der Waals surface area contributed by atoms with Crippen molar-refractivity contribution in [2.75, 3.05) is 25.5 Å². The van der Waals surface area contributed by atoms with Gasteiger partial charge in [-0.2, -0.15) is 0 Å². The summed E-state index contributed by atoms with van der Waals surface area (Å²) in [6.07, 6.45) is 1.58. The van der Waals surface area contributed by atoms with Gasteiger partial charge in [0, 0.05) is 32.9 Å². The van der Waals surface area contributed by atoms with Gasteiger partial charge in [-0.15, -0.1) is 0 Å². The molecule has 0 radical (unpaired) electrons. The van der Waals surface area contributed by atoms with Gasteiger partial charge in [-0.05, 0) is 26.0 Å². The molecule has 1 heterocycles. The molecule has 0 atom stereocenters. The number of hydrogen-bond acceptors (Lipinski definition) is 4. The molecule has 1 amide bonds. The first-order valence-corrected chi connectivity index (χ1v) is 6.49. The standard InChI is InChI=1S/C14H21N3O3/c1-10(2)17(8-7-13(18)19)12-6-5-11(9-15-12)14(20)16(3)4/h5-6,9-10H,7-8H2,1-4H3,(H,18,19). The van der Waals surface area contributed by atoms with Crippen molar-refractivity contribution in [1.29, 1.82) is 0 Å². The van der Waals surface area contributed by atoms with Crippen LogP contribution in [0.2, 0.25) is 0 Å². The summed E-state index contributed by atoms with van der Waals surface area (Å²) in [5.74, 6) is -0.266. The van der Waals surface area contributed by atoms with E-state index in [1.807, 2.05) is 18.7 Å². The number of anilines is 1. The Hall–Kier alpha value is -2.11. The Morgan fingerprint density at radius 2 is 1.95 bits per heavy atom. The molecule has 110 valence electrons. The molecule has 1 rings (SSSR count). The third-order valence-electron chi connectivity index (χ3n) is 2.89. The number of carbonyl (C=O) groups excluding carboxylic acids is 1. The molecule has 0 bridgehead atoms. The molecule has 0 unspecified atom stereocenters. The fourth-order valence-corrected chi connectivity index (χ4v) is 1.79. The van der Waals surface area contributed by atoms with Crippen LogP contribution in [-0.4, -0.2) is 53.5 Å². The van der Waals surface area contributed by atoms with Gasteiger partial charge >= 0.3 is 5.97 Å². The lowest BCUT2D eigenvalue weighted by Gasteiger charge is -2.27. The molecule has 0 fully saturated rings. The maximum atomic E-state index is 11.8. The average Bonchev–Trinajstić information content (AvgIpc) is 2.38. The van der Waals surface area contributed by atoms with Gasteiger partial charge in [-0.25, -0.2) is 4.98 Å². The highest BCUT2D eigenvalue weighted by atomic mass is 16.4. The Morgan fingerprint density at radius 1 is 1.30 bits per heavy atom. The van der Waals surface area contributed by atoms with E-state index >= 15 is 0 Å². The number of aliphatic carboxylic acids is 1. The molecule has 0 saturated carbocycles. The molecular formula is C14H21N3O3. The highest BCUT2D eigenvalue weighted by molar-refractivity contribution is 5.93. The molecule has 0 saturated heterocycles. The Balaban J connectivity index is 2.88. The van der Waals surface area contributed by atoms with Crippen molar-refractivity contribution in [3.63, 3.8) is 0 Å². The predicted molar refractivity (Wildman–Crippen MR) is 77.0 cm³/mol. The third kappa shape index (κ3) is 4.22. The van der Waals surface area contributed by atoms with Gasteiger partial charge in [0.2, 0.25) is 0 Å². The van der Waals surface area contributed by atoms with Gasteiger partial charge < -0.3 is 14.9 Å². The molecule has 0 spiro atoms. The SMILES string of the molecule is CC(C)N(CCC(=O)O)c1ccc(C(=O)N(C)C)cn1. The van der Waals surface area contributed by atoms with Crippen LogP contribution in [0.3, 0.4) is 0 Å². The van der Waals surface area contributed by atoms with Crippen LogP contribution in [0.5, 0.6) is 0 Å². The van der Waals surface area contributed by atoms with Crippen molar-refractivity contribution in [1.82, 2.24) is 9.88 Å². The van der Waals surface area contributed by atoms with E-state index < -0.39 is 5.97 Å². The van der Waals surface area contributed by atoms with Crippen LogP contribution < -0.4 is 4.90 Å². The largest absolute Gasteiger partial charge is 0.481 e. The fourth-order valence-electron chi connectivity index (χ4n) is 1.79. The molecule has 0 aliphatic carbocycles. The van der Waals surface area contributed by atoms with Gasteiger partial charge in [0.15, 0.2) is 0 Å². The van der Waals surface area contributed by atoms with Crippen LogP contribution in [0, 0.1) is 0 Å². The summed E-state index contributed by atoms with van der Waals surface area (Å²) in [5.41, 5.74) is 0.515. The van der Waals surface area contributed by atoms with Crippen LogP contribution in [0.25, 0.3) is 0 Å². The number of amides is 1. The number of carboxylic acid groups (broad SMARTS) is 1. The molecule has 1 N–H and O–H groups in total. The lowest BCUT2D eigenvalue weighted by molar-refractivity contribution is -0.136. The van der Waals surface area contributed by atoms with E-state index in [9.17, 15) is 9.59 Å². The summed E-state index contributed by atoms with van der Waals surface area (Å²) in [5, 5.41) is 8.77. The molecule has 1 aromatic rings. The molecule has 1 aromatic heterocycles. The summed E-state index contributed by atoms with van der Waals surface area (Å²) >= 11 is 0. The highest BCUT2D eigenvalue weighted by Crippen LogP contribution is 2.15. The van der Waals surface area contributed by atoms with Crippen LogP contribution in [0.1, 0.15) is 30.6 Å². The van der Waals surface area contributed by atoms with Gasteiger partial charge in [0.05, 0.1) is 12.0 Å². The van der Waals surface area contributed by atoms with Crippen LogP contribution >= 0.6 is 0 Å². The monoisotopic (exact) mass is 279 g/mol. The Kier molecular flexibility index (Phi) is 5.49. The number of carbonyl (C=O) groups is 2. The number of nitrogens with zero attached hydrogens (tertiary/aromatic N) is 3. The number of rotatable bonds is 6. The van der Waals surface area contributed by atoms with Crippen molar-refractivity contribution in [2.24, 2.45) is 0 Å². The second-order valence-electron chi connectivity index (χ2n) is 5.04. The first kappa shape index (κ1) is 15.9. The molecule has 6 nitrogen and oxygen atoms in total. The van der Waals surface area contributed by atoms with E-state index in [0.717, 1.165) is 0 Å². The lowest BCUT2D eigenvalue weighted by atomic mass is 10.2. The number of aromatic nitrogens is 1. The second kappa shape index (κ2) is 6.88. The quantitative estimate of drug-likeness (QED) is 0.853. The maximum Gasteiger partial charge on any atom is 0.305 e. The first-order valence-electron chi connectivity index (χ1n) is 6.49. The van der Waals surface area contributed by atoms with Crippen molar-refractivity contribution >= 4 is 17.7 Å². The predicted octanol–water partition coefficient (Wildman–Crippen LogP) is 1.47. The molecular weight excluding hydrogens is 258 g/mol. The Bertz CT molecular complexity index is 469. The zero-order chi connectivity index (χ0) is 15.3. The van der Waals surface area contributed by atoms with E-state index in [1.54, 1.807) is 26.2 Å². The topological polar surface area (TPSA) is 73.7 Å². The van der Waals surface area contributed by atoms with Gasteiger partial charge in [-0.1, -0.05) is 0 Å². The first-order chi connectivity index (χ1) is 9.32. The third-order valence-corrected chi connectivity index (χ3v) is 2.89. The number of carboxylic acids is 1. The summed E-state index contributed by atoms with van der Waals surface area (Å²) in [6.45, 7) is 4.34. The van der Waals surface area contributed by atoms with E-state index in [0.29, 0.717) is 17.9 Å². The number of hydrogen-bond donors (Lipinski definition) is 1. The van der Waals surface area contributed by atoms with Crippen LogP contribution in [-0.2, 0) is 4.79 Å². The molecule has 20 heavy (non-hydrogen) atoms. The molecule has 0 aliphatic heterocycles. The van der Waals surface area contributed by atoms with Crippen LogP contribution in [0.4, 0.5) is 5.82 Å². The van der Waals surface area contributed by atoms with Crippen molar-refractivity contribution in [2.45, 2.75) is 26.3 Å². The van der Waals surface area contributed by atoms with Gasteiger partial charge in [0.25, 0.3) is 5.91 Å². The van der Waals surface area contributed by atoms with Gasteiger partial charge in [0.1, 0.15) is 5.82 Å². The van der Waals surface area contributed by atoms with E-state index in [4.69, 9.17) is 5.11 Å². The summed E-state index contributed by atoms with van der Waals surface area (Å²) in [7, 11) is 3.37. The second-order valence-corrected chi connectivity index (χ2v) is 5.04. The van der Waals surface area contributed by atoms with E-state index in [-0.39, 0.29) is 18.4 Å². The molecule has 0 aromatic carbocycles. The fraction of sp³-hybridized carbons (Fsp3) is 0.500. The van der Waals surface area contributed by atoms with E-state index in [1.165, 1.54) is 11.1 Å². The van der Waals surface area contributed by atoms with Crippen molar-refractivity contribution in [3.8, 4) is 0 Å². The molecule has 6 heteroatoms. The molecule has 0 aliphatic rings. The Morgan fingerprint density at radius 3 is 2.35 bits per heavy atom. The van der Waals surface area contributed by atoms with E-state index in [2.05, 4.69) is 4.98 Å². The van der Waals surface area contributed by atoms with Gasteiger partial charge in [-0.3, -0.25) is 9.59 Å². The summed E-state index contributed by atoms with van der Waals surface area (Å²) in [6, 6.07) is 3.59. The summed E-state index contributed by atoms with van der Waals surface area (Å²) in [4.78, 5) is 30.1. The lowest BCUT2D eigenvalue weighted by Crippen LogP contribution is -2.33. The zero-order valence-corrected chi connectivity index (χ0v) is 12.3. The minimum Gasteiger partial charge on any atom is -0.481 e. The smallest absolute Gasteiger partial charge is 0.305 e. The van der Waals surface area contributed by atoms with Crippen molar-refractivity contribution < 1.29 is 14.7 Å². The summed E-state index contributed by atoms with van der Waals surface area (Å²) < 4.78 is 0. The number of pyridine rings is 1. The zero-order valence-electron chi connectivity index (χ0n) is 12.3. The van der Waals surface area contributed by atoms with Crippen LogP contribution in [0.15, 0.2) is 18.3 Å². The normalized spacial score (nSPS) is 10.4.